The fourth-order valence-corrected chi connectivity index (χ4v) is 2.63. The van der Waals surface area contributed by atoms with Crippen molar-refractivity contribution in [3.8, 4) is 0 Å². The van der Waals surface area contributed by atoms with Crippen molar-refractivity contribution in [3.63, 3.8) is 0 Å². The zero-order valence-corrected chi connectivity index (χ0v) is 11.1. The van der Waals surface area contributed by atoms with Crippen LogP contribution in [0.25, 0.3) is 0 Å². The number of aliphatic imine (C=N–C) groups is 1. The first-order valence-corrected chi connectivity index (χ1v) is 7.14. The van der Waals surface area contributed by atoms with Crippen LogP contribution in [0.5, 0.6) is 0 Å². The lowest BCUT2D eigenvalue weighted by atomic mass is 10.1. The van der Waals surface area contributed by atoms with E-state index in [0.29, 0.717) is 0 Å². The number of guanidine groups is 1. The van der Waals surface area contributed by atoms with Gasteiger partial charge in [-0.3, -0.25) is 4.99 Å². The van der Waals surface area contributed by atoms with Crippen molar-refractivity contribution in [2.45, 2.75) is 31.5 Å². The molecule has 19 heavy (non-hydrogen) atoms. The van der Waals surface area contributed by atoms with Gasteiger partial charge in [0.25, 0.3) is 0 Å². The van der Waals surface area contributed by atoms with Crippen LogP contribution < -0.4 is 10.6 Å². The van der Waals surface area contributed by atoms with Gasteiger partial charge in [0.2, 0.25) is 0 Å². The van der Waals surface area contributed by atoms with Crippen LogP contribution in [0.3, 0.4) is 0 Å². The molecule has 0 bridgehead atoms. The summed E-state index contributed by atoms with van der Waals surface area (Å²) in [6.45, 7) is 2.78. The average molecular weight is 259 g/mol. The molecule has 0 radical (unpaired) electrons. The molecule has 2 aliphatic heterocycles. The van der Waals surface area contributed by atoms with Crippen LogP contribution in [-0.2, 0) is 4.74 Å². The third-order valence-corrected chi connectivity index (χ3v) is 3.67. The van der Waals surface area contributed by atoms with E-state index in [1.807, 2.05) is 6.07 Å². The number of nitrogens with one attached hydrogen (secondary N) is 2. The van der Waals surface area contributed by atoms with Gasteiger partial charge in [-0.05, 0) is 24.8 Å². The van der Waals surface area contributed by atoms with Crippen LogP contribution in [0.15, 0.2) is 35.3 Å². The number of ether oxygens (including phenoxy) is 1. The van der Waals surface area contributed by atoms with Crippen LogP contribution in [0.2, 0.25) is 0 Å². The van der Waals surface area contributed by atoms with Gasteiger partial charge in [0.1, 0.15) is 0 Å². The summed E-state index contributed by atoms with van der Waals surface area (Å²) in [5, 5.41) is 6.62. The summed E-state index contributed by atoms with van der Waals surface area (Å²) in [7, 11) is 0. The molecule has 2 atom stereocenters. The Morgan fingerprint density at radius 1 is 1.26 bits per heavy atom. The van der Waals surface area contributed by atoms with E-state index in [-0.39, 0.29) is 12.2 Å². The topological polar surface area (TPSA) is 45.7 Å². The minimum absolute atomic E-state index is 0.259. The smallest absolute Gasteiger partial charge is 0.191 e. The Hall–Kier alpha value is -1.55. The number of benzene rings is 1. The van der Waals surface area contributed by atoms with E-state index < -0.39 is 0 Å². The molecule has 2 aliphatic rings. The molecule has 0 amide bonds. The molecular formula is C15H21N3O. The van der Waals surface area contributed by atoms with E-state index in [4.69, 9.17) is 4.74 Å². The van der Waals surface area contributed by atoms with E-state index in [1.165, 1.54) is 5.56 Å². The second-order valence-corrected chi connectivity index (χ2v) is 5.13. The number of rotatable bonds is 3. The molecule has 2 N–H and O–H groups in total. The Morgan fingerprint density at radius 3 is 2.95 bits per heavy atom. The van der Waals surface area contributed by atoms with Crippen LogP contribution in [0.4, 0.5) is 0 Å². The van der Waals surface area contributed by atoms with Gasteiger partial charge in [0, 0.05) is 19.6 Å². The highest BCUT2D eigenvalue weighted by molar-refractivity contribution is 5.80. The molecule has 1 saturated heterocycles. The van der Waals surface area contributed by atoms with E-state index in [0.717, 1.165) is 44.9 Å². The number of hydrogen-bond donors (Lipinski definition) is 2. The first kappa shape index (κ1) is 12.5. The Bertz CT molecular complexity index is 432. The first-order chi connectivity index (χ1) is 9.42. The van der Waals surface area contributed by atoms with Gasteiger partial charge in [-0.15, -0.1) is 0 Å². The van der Waals surface area contributed by atoms with Crippen molar-refractivity contribution >= 4 is 5.96 Å². The number of hydrogen-bond acceptors (Lipinski definition) is 4. The molecule has 0 spiro atoms. The van der Waals surface area contributed by atoms with Crippen molar-refractivity contribution in [1.82, 2.24) is 10.6 Å². The van der Waals surface area contributed by atoms with E-state index in [2.05, 4.69) is 39.9 Å². The lowest BCUT2D eigenvalue weighted by Crippen LogP contribution is -2.43. The van der Waals surface area contributed by atoms with E-state index in [1.54, 1.807) is 0 Å². The normalized spacial score (nSPS) is 26.6. The maximum atomic E-state index is 6.09. The van der Waals surface area contributed by atoms with Crippen molar-refractivity contribution in [1.29, 1.82) is 0 Å². The van der Waals surface area contributed by atoms with Crippen molar-refractivity contribution < 1.29 is 4.74 Å². The molecule has 102 valence electrons. The van der Waals surface area contributed by atoms with Crippen molar-refractivity contribution in [2.75, 3.05) is 19.6 Å². The highest BCUT2D eigenvalue weighted by atomic mass is 16.5. The molecule has 0 unspecified atom stereocenters. The average Bonchev–Trinajstić information content (AvgIpc) is 2.96. The van der Waals surface area contributed by atoms with Crippen molar-refractivity contribution in [3.05, 3.63) is 35.9 Å². The maximum absolute atomic E-state index is 6.09. The zero-order chi connectivity index (χ0) is 12.9. The summed E-state index contributed by atoms with van der Waals surface area (Å²) in [5.41, 5.74) is 1.29. The van der Waals surface area contributed by atoms with Crippen LogP contribution in [-0.4, -0.2) is 31.7 Å². The first-order valence-electron chi connectivity index (χ1n) is 7.14. The predicted molar refractivity (Wildman–Crippen MR) is 76.2 cm³/mol. The fourth-order valence-electron chi connectivity index (χ4n) is 2.63. The summed E-state index contributed by atoms with van der Waals surface area (Å²) in [4.78, 5) is 4.41. The Balaban J connectivity index is 1.48. The Labute approximate surface area is 114 Å². The predicted octanol–water partition coefficient (Wildman–Crippen LogP) is 1.85. The van der Waals surface area contributed by atoms with Crippen LogP contribution in [0, 0.1) is 0 Å². The molecular weight excluding hydrogens is 238 g/mol. The molecule has 1 fully saturated rings. The van der Waals surface area contributed by atoms with Gasteiger partial charge in [-0.2, -0.15) is 0 Å². The highest BCUT2D eigenvalue weighted by Gasteiger charge is 2.26. The minimum atomic E-state index is 0.259. The third kappa shape index (κ3) is 3.26. The summed E-state index contributed by atoms with van der Waals surface area (Å²) in [6, 6.07) is 10.5. The molecule has 3 rings (SSSR count). The molecule has 0 saturated carbocycles. The second-order valence-electron chi connectivity index (χ2n) is 5.13. The Kier molecular flexibility index (Phi) is 3.98. The lowest BCUT2D eigenvalue weighted by Gasteiger charge is -2.19. The summed E-state index contributed by atoms with van der Waals surface area (Å²) in [5.74, 6) is 0.929. The van der Waals surface area contributed by atoms with Crippen LogP contribution in [0.1, 0.15) is 30.9 Å². The largest absolute Gasteiger partial charge is 0.368 e. The third-order valence-electron chi connectivity index (χ3n) is 3.67. The van der Waals surface area contributed by atoms with Crippen molar-refractivity contribution in [2.24, 2.45) is 4.99 Å². The van der Waals surface area contributed by atoms with Gasteiger partial charge < -0.3 is 15.4 Å². The highest BCUT2D eigenvalue weighted by Crippen LogP contribution is 2.32. The zero-order valence-electron chi connectivity index (χ0n) is 11.1. The van der Waals surface area contributed by atoms with Gasteiger partial charge in [0.05, 0.1) is 12.2 Å². The lowest BCUT2D eigenvalue weighted by molar-refractivity contribution is 0.0473. The standard InChI is InChI=1S/C15H21N3O/c1-2-5-12(6-3-1)14-8-7-13(19-14)11-18-15-16-9-4-10-17-15/h1-3,5-6,13-14H,4,7-11H2,(H2,16,17,18)/t13-,14+/m1/s1. The molecule has 0 aromatic heterocycles. The van der Waals surface area contributed by atoms with E-state index in [9.17, 15) is 0 Å². The van der Waals surface area contributed by atoms with Gasteiger partial charge in [-0.1, -0.05) is 30.3 Å². The summed E-state index contributed by atoms with van der Waals surface area (Å²) in [6.07, 6.45) is 3.89. The number of nitrogens with zero attached hydrogens (tertiary/aromatic N) is 1. The second kappa shape index (κ2) is 6.06. The Morgan fingerprint density at radius 2 is 2.16 bits per heavy atom. The monoisotopic (exact) mass is 259 g/mol. The SMILES string of the molecule is c1ccc([C@@H]2CC[C@H](CNC3=NCCCN3)O2)cc1. The molecule has 1 aromatic rings. The fraction of sp³-hybridized carbons (Fsp3) is 0.533. The quantitative estimate of drug-likeness (QED) is 0.870. The molecule has 4 nitrogen and oxygen atoms in total. The molecule has 4 heteroatoms. The van der Waals surface area contributed by atoms with E-state index >= 15 is 0 Å². The maximum Gasteiger partial charge on any atom is 0.191 e. The molecule has 1 aromatic carbocycles. The van der Waals surface area contributed by atoms with Gasteiger partial charge in [-0.25, -0.2) is 0 Å². The molecule has 0 aliphatic carbocycles. The van der Waals surface area contributed by atoms with Gasteiger partial charge in [0.15, 0.2) is 5.96 Å². The minimum Gasteiger partial charge on any atom is -0.368 e. The molecule has 2 heterocycles. The summed E-state index contributed by atoms with van der Waals surface area (Å²) < 4.78 is 6.09. The van der Waals surface area contributed by atoms with Gasteiger partial charge >= 0.3 is 0 Å². The summed E-state index contributed by atoms with van der Waals surface area (Å²) >= 11 is 0. The van der Waals surface area contributed by atoms with Crippen LogP contribution >= 0.6 is 0 Å².